The van der Waals surface area contributed by atoms with E-state index in [9.17, 15) is 0 Å². The van der Waals surface area contributed by atoms with Gasteiger partial charge in [0.25, 0.3) is 0 Å². The molecule has 0 unspecified atom stereocenters. The molecule has 1 N–H and O–H groups in total. The normalized spacial score (nSPS) is 10.8. The molecule has 2 heterocycles. The molecule has 0 amide bonds. The first-order chi connectivity index (χ1) is 9.92. The summed E-state index contributed by atoms with van der Waals surface area (Å²) in [4.78, 5) is 0. The minimum atomic E-state index is 0.550. The van der Waals surface area contributed by atoms with E-state index in [2.05, 4.69) is 20.6 Å². The minimum absolute atomic E-state index is 0.550. The Morgan fingerprint density at radius 1 is 1.10 bits per heavy atom. The van der Waals surface area contributed by atoms with E-state index in [4.69, 9.17) is 4.42 Å². The lowest BCUT2D eigenvalue weighted by atomic mass is 10.2. The monoisotopic (exact) mass is 269 g/mol. The molecule has 20 heavy (non-hydrogen) atoms. The van der Waals surface area contributed by atoms with E-state index < -0.39 is 0 Å². The minimum Gasteiger partial charge on any atom is -0.419 e. The molecule has 6 nitrogen and oxygen atoms in total. The molecule has 0 aliphatic carbocycles. The maximum atomic E-state index is 5.60. The van der Waals surface area contributed by atoms with E-state index in [1.54, 1.807) is 6.20 Å². The molecule has 6 heteroatoms. The van der Waals surface area contributed by atoms with Gasteiger partial charge < -0.3 is 9.73 Å². The van der Waals surface area contributed by atoms with Crippen molar-refractivity contribution in [3.05, 3.63) is 54.7 Å². The van der Waals surface area contributed by atoms with Crippen molar-refractivity contribution < 1.29 is 4.42 Å². The Kier molecular flexibility index (Phi) is 3.84. The second-order valence-electron chi connectivity index (χ2n) is 4.31. The van der Waals surface area contributed by atoms with Crippen LogP contribution in [0.1, 0.15) is 5.89 Å². The molecule has 102 valence electrons. The van der Waals surface area contributed by atoms with Gasteiger partial charge in [-0.2, -0.15) is 5.10 Å². The van der Waals surface area contributed by atoms with Gasteiger partial charge in [0, 0.05) is 24.5 Å². The molecule has 3 rings (SSSR count). The third-order valence-electron chi connectivity index (χ3n) is 2.84. The number of nitrogens with zero attached hydrogens (tertiary/aromatic N) is 4. The van der Waals surface area contributed by atoms with E-state index in [1.807, 2.05) is 47.3 Å². The molecule has 0 fully saturated rings. The Morgan fingerprint density at radius 2 is 2.00 bits per heavy atom. The molecule has 2 aromatic heterocycles. The smallest absolute Gasteiger partial charge is 0.247 e. The highest BCUT2D eigenvalue weighted by Crippen LogP contribution is 2.16. The fourth-order valence-electron chi connectivity index (χ4n) is 1.84. The number of aromatic nitrogens is 4. The molecule has 0 radical (unpaired) electrons. The number of nitrogens with one attached hydrogen (secondary N) is 1. The van der Waals surface area contributed by atoms with Crippen LogP contribution in [0.4, 0.5) is 0 Å². The van der Waals surface area contributed by atoms with Gasteiger partial charge in [-0.05, 0) is 18.2 Å². The number of hydrogen-bond donors (Lipinski definition) is 1. The van der Waals surface area contributed by atoms with Gasteiger partial charge in [-0.3, -0.25) is 4.68 Å². The average molecular weight is 269 g/mol. The highest BCUT2D eigenvalue weighted by molar-refractivity contribution is 5.51. The second-order valence-corrected chi connectivity index (χ2v) is 4.31. The zero-order chi connectivity index (χ0) is 13.6. The van der Waals surface area contributed by atoms with Crippen LogP contribution in [0, 0.1) is 0 Å². The van der Waals surface area contributed by atoms with Gasteiger partial charge in [0.1, 0.15) is 0 Å². The lowest BCUT2D eigenvalue weighted by Gasteiger charge is -2.01. The fourth-order valence-corrected chi connectivity index (χ4v) is 1.84. The van der Waals surface area contributed by atoms with Crippen LogP contribution in [0.25, 0.3) is 11.5 Å². The maximum Gasteiger partial charge on any atom is 0.247 e. The van der Waals surface area contributed by atoms with Crippen molar-refractivity contribution in [3.63, 3.8) is 0 Å². The van der Waals surface area contributed by atoms with Crippen molar-refractivity contribution in [1.29, 1.82) is 0 Å². The lowest BCUT2D eigenvalue weighted by molar-refractivity contribution is 0.464. The van der Waals surface area contributed by atoms with Crippen LogP contribution in [0.3, 0.4) is 0 Å². The molecular formula is C14H15N5O. The van der Waals surface area contributed by atoms with Crippen LogP contribution in [0.15, 0.2) is 53.2 Å². The van der Waals surface area contributed by atoms with Crippen molar-refractivity contribution >= 4 is 0 Å². The Balaban J connectivity index is 1.50. The van der Waals surface area contributed by atoms with E-state index in [0.29, 0.717) is 18.3 Å². The van der Waals surface area contributed by atoms with Gasteiger partial charge in [0.2, 0.25) is 11.8 Å². The summed E-state index contributed by atoms with van der Waals surface area (Å²) in [5.41, 5.74) is 0.933. The zero-order valence-electron chi connectivity index (χ0n) is 10.9. The zero-order valence-corrected chi connectivity index (χ0v) is 10.9. The van der Waals surface area contributed by atoms with Crippen LogP contribution < -0.4 is 5.32 Å². The number of hydrogen-bond acceptors (Lipinski definition) is 5. The SMILES string of the molecule is c1ccc(-c2nnc(CNCCn3cccn3)o2)cc1. The number of rotatable bonds is 6. The van der Waals surface area contributed by atoms with E-state index in [1.165, 1.54) is 0 Å². The maximum absolute atomic E-state index is 5.60. The summed E-state index contributed by atoms with van der Waals surface area (Å²) in [5.74, 6) is 1.14. The van der Waals surface area contributed by atoms with Crippen LogP contribution in [0.5, 0.6) is 0 Å². The number of benzene rings is 1. The topological polar surface area (TPSA) is 68.8 Å². The molecule has 0 aliphatic rings. The Bertz CT molecular complexity index is 633. The molecule has 0 spiro atoms. The Hall–Kier alpha value is -2.47. The third kappa shape index (κ3) is 3.10. The molecule has 0 saturated carbocycles. The van der Waals surface area contributed by atoms with Crippen molar-refractivity contribution in [3.8, 4) is 11.5 Å². The van der Waals surface area contributed by atoms with Gasteiger partial charge in [-0.15, -0.1) is 10.2 Å². The summed E-state index contributed by atoms with van der Waals surface area (Å²) in [6, 6.07) is 11.6. The largest absolute Gasteiger partial charge is 0.419 e. The fraction of sp³-hybridized carbons (Fsp3) is 0.214. The van der Waals surface area contributed by atoms with Gasteiger partial charge in [0.15, 0.2) is 0 Å². The highest BCUT2D eigenvalue weighted by atomic mass is 16.4. The first-order valence-electron chi connectivity index (χ1n) is 6.48. The Morgan fingerprint density at radius 3 is 2.80 bits per heavy atom. The van der Waals surface area contributed by atoms with E-state index in [-0.39, 0.29) is 0 Å². The molecule has 0 bridgehead atoms. The molecule has 0 aliphatic heterocycles. The molecule has 0 atom stereocenters. The summed E-state index contributed by atoms with van der Waals surface area (Å²) in [6.45, 7) is 2.17. The first kappa shape index (κ1) is 12.6. The molecular weight excluding hydrogens is 254 g/mol. The molecule has 0 saturated heterocycles. The predicted octanol–water partition coefficient (Wildman–Crippen LogP) is 1.72. The first-order valence-corrected chi connectivity index (χ1v) is 6.48. The summed E-state index contributed by atoms with van der Waals surface area (Å²) in [6.07, 6.45) is 3.70. The van der Waals surface area contributed by atoms with Gasteiger partial charge >= 0.3 is 0 Å². The quantitative estimate of drug-likeness (QED) is 0.690. The van der Waals surface area contributed by atoms with Crippen molar-refractivity contribution in [1.82, 2.24) is 25.3 Å². The third-order valence-corrected chi connectivity index (χ3v) is 2.84. The van der Waals surface area contributed by atoms with Crippen LogP contribution in [-0.4, -0.2) is 26.5 Å². The average Bonchev–Trinajstić information content (AvgIpc) is 3.16. The van der Waals surface area contributed by atoms with Crippen LogP contribution in [0.2, 0.25) is 0 Å². The van der Waals surface area contributed by atoms with Gasteiger partial charge in [0.05, 0.1) is 13.1 Å². The highest BCUT2D eigenvalue weighted by Gasteiger charge is 2.07. The summed E-state index contributed by atoms with van der Waals surface area (Å²) < 4.78 is 7.47. The van der Waals surface area contributed by atoms with Gasteiger partial charge in [-0.1, -0.05) is 18.2 Å². The van der Waals surface area contributed by atoms with Crippen molar-refractivity contribution in [2.75, 3.05) is 6.54 Å². The van der Waals surface area contributed by atoms with Crippen molar-refractivity contribution in [2.24, 2.45) is 0 Å². The predicted molar refractivity (Wildman–Crippen MR) is 73.7 cm³/mol. The molecule has 3 aromatic rings. The van der Waals surface area contributed by atoms with Gasteiger partial charge in [-0.25, -0.2) is 0 Å². The van der Waals surface area contributed by atoms with Crippen LogP contribution in [-0.2, 0) is 13.1 Å². The van der Waals surface area contributed by atoms with Crippen molar-refractivity contribution in [2.45, 2.75) is 13.1 Å². The summed E-state index contributed by atoms with van der Waals surface area (Å²) >= 11 is 0. The lowest BCUT2D eigenvalue weighted by Crippen LogP contribution is -2.19. The summed E-state index contributed by atoms with van der Waals surface area (Å²) in [7, 11) is 0. The van der Waals surface area contributed by atoms with Crippen LogP contribution >= 0.6 is 0 Å². The second kappa shape index (κ2) is 6.12. The standard InChI is InChI=1S/C14H15N5O/c1-2-5-12(6-3-1)14-18-17-13(20-14)11-15-8-10-19-9-4-7-16-19/h1-7,9,15H,8,10-11H2. The Labute approximate surface area is 116 Å². The van der Waals surface area contributed by atoms with E-state index in [0.717, 1.165) is 18.7 Å². The summed E-state index contributed by atoms with van der Waals surface area (Å²) in [5, 5.41) is 15.4. The molecule has 1 aromatic carbocycles. The van der Waals surface area contributed by atoms with E-state index >= 15 is 0 Å².